The fourth-order valence-electron chi connectivity index (χ4n) is 4.99. The highest BCUT2D eigenvalue weighted by atomic mass is 31.3. The Bertz CT molecular complexity index is 2020. The van der Waals surface area contributed by atoms with E-state index in [2.05, 4.69) is 5.16 Å². The minimum Gasteiger partial charge on any atom is -0.432 e. The number of phosphoric ester groups is 2. The fourth-order valence-corrected chi connectivity index (χ4v) is 7.97. The third-order valence-corrected chi connectivity index (χ3v) is 10.7. The van der Waals surface area contributed by atoms with Gasteiger partial charge in [-0.1, -0.05) is 45.0 Å². The number of para-hydroxylation sites is 1. The molecule has 7 atom stereocenters. The lowest BCUT2D eigenvalue weighted by molar-refractivity contribution is -0.135. The summed E-state index contributed by atoms with van der Waals surface area (Å²) >= 11 is 0. The molecule has 3 aromatic rings. The van der Waals surface area contributed by atoms with E-state index in [1.54, 1.807) is 24.3 Å². The van der Waals surface area contributed by atoms with Crippen molar-refractivity contribution in [3.63, 3.8) is 0 Å². The van der Waals surface area contributed by atoms with Crippen LogP contribution in [0.3, 0.4) is 0 Å². The molecular formula is C33H47N3O19P2. The van der Waals surface area contributed by atoms with Gasteiger partial charge in [-0.15, -0.1) is 0 Å². The van der Waals surface area contributed by atoms with Crippen LogP contribution in [-0.4, -0.2) is 91.4 Å². The van der Waals surface area contributed by atoms with Gasteiger partial charge in [-0.05, 0) is 39.8 Å². The van der Waals surface area contributed by atoms with E-state index in [4.69, 9.17) is 46.1 Å². The summed E-state index contributed by atoms with van der Waals surface area (Å²) in [4.78, 5) is 61.6. The van der Waals surface area contributed by atoms with Gasteiger partial charge in [0.25, 0.3) is 5.56 Å². The maximum Gasteiger partial charge on any atom is 0.510 e. The number of hydrogen-bond acceptors (Lipinski definition) is 19. The first-order valence-corrected chi connectivity index (χ1v) is 20.6. The molecule has 1 aromatic carbocycles. The summed E-state index contributed by atoms with van der Waals surface area (Å²) in [7, 11) is -11.1. The molecule has 0 saturated carbocycles. The molecular weight excluding hydrogens is 804 g/mol. The van der Waals surface area contributed by atoms with Gasteiger partial charge in [0.2, 0.25) is 12.6 Å². The highest BCUT2D eigenvalue weighted by Gasteiger charge is 2.49. The molecule has 57 heavy (non-hydrogen) atoms. The summed E-state index contributed by atoms with van der Waals surface area (Å²) in [5, 5.41) is 26.2. The standard InChI is InChI=1S/C33H47N3O19P2/c1-17(2)29(50-32(41)47-19(5)6)53-57(45,54-30(18(3)4)51-33(42)48-20(7)8)55-56(43,44)46-16-24-26(38)27(39)28(49-24)35-14-13-25(37)36(31(35)40)15-22-21-11-9-10-12-23(21)52-34-22/h9-14,17-20,24,26-30,38-39H,15-16H2,1-8H3,(H,43,44)/t24-,26?,27?,28-,29?,30?,57?/m1/s1. The van der Waals surface area contributed by atoms with Gasteiger partial charge in [-0.2, -0.15) is 4.31 Å². The number of fused-ring (bicyclic) bond motifs is 1. The van der Waals surface area contributed by atoms with Crippen molar-refractivity contribution in [3.8, 4) is 0 Å². The molecule has 0 radical (unpaired) electrons. The minimum absolute atomic E-state index is 0.259. The number of aliphatic hydroxyl groups excluding tert-OH is 2. The summed E-state index contributed by atoms with van der Waals surface area (Å²) in [6.07, 6.45) is -13.4. The predicted octanol–water partition coefficient (Wildman–Crippen LogP) is 4.18. The summed E-state index contributed by atoms with van der Waals surface area (Å²) in [5.74, 6) is -1.64. The van der Waals surface area contributed by atoms with E-state index in [1.807, 2.05) is 0 Å². The highest BCUT2D eigenvalue weighted by molar-refractivity contribution is 7.61. The van der Waals surface area contributed by atoms with E-state index < -0.39 is 107 Å². The van der Waals surface area contributed by atoms with Crippen molar-refractivity contribution in [2.24, 2.45) is 11.8 Å². The Hall–Kier alpha value is -3.95. The largest absolute Gasteiger partial charge is 0.510 e. The molecule has 1 aliphatic rings. The molecule has 24 heteroatoms. The zero-order valence-corrected chi connectivity index (χ0v) is 34.1. The first-order valence-electron chi connectivity index (χ1n) is 17.7. The summed E-state index contributed by atoms with van der Waals surface area (Å²) < 4.78 is 80.7. The maximum absolute atomic E-state index is 14.2. The Balaban J connectivity index is 1.54. The van der Waals surface area contributed by atoms with E-state index in [9.17, 15) is 43.4 Å². The number of hydrogen-bond donors (Lipinski definition) is 3. The van der Waals surface area contributed by atoms with Crippen LogP contribution >= 0.6 is 15.6 Å². The number of ether oxygens (including phenoxy) is 5. The number of aromatic nitrogens is 3. The van der Waals surface area contributed by atoms with Crippen molar-refractivity contribution < 1.29 is 79.9 Å². The van der Waals surface area contributed by atoms with E-state index in [-0.39, 0.29) is 12.2 Å². The fraction of sp³-hybridized carbons (Fsp3) is 0.606. The number of phosphoric acid groups is 2. The third kappa shape index (κ3) is 12.3. The lowest BCUT2D eigenvalue weighted by Gasteiger charge is -2.30. The molecule has 1 aliphatic heterocycles. The quantitative estimate of drug-likeness (QED) is 0.0919. The zero-order valence-electron chi connectivity index (χ0n) is 32.3. The second-order valence-electron chi connectivity index (χ2n) is 13.9. The Labute approximate surface area is 325 Å². The molecule has 0 bridgehead atoms. The van der Waals surface area contributed by atoms with Crippen molar-refractivity contribution in [1.82, 2.24) is 14.3 Å². The molecule has 0 aliphatic carbocycles. The van der Waals surface area contributed by atoms with Crippen LogP contribution in [0.4, 0.5) is 9.59 Å². The van der Waals surface area contributed by atoms with E-state index in [1.165, 1.54) is 55.4 Å². The monoisotopic (exact) mass is 851 g/mol. The molecule has 4 rings (SSSR count). The number of carbonyl (C=O) groups excluding carboxylic acids is 2. The lowest BCUT2D eigenvalue weighted by Crippen LogP contribution is -2.43. The lowest BCUT2D eigenvalue weighted by atomic mass is 10.1. The number of carbonyl (C=O) groups is 2. The molecule has 0 amide bonds. The van der Waals surface area contributed by atoms with Crippen LogP contribution in [0.5, 0.6) is 0 Å². The number of nitrogens with zero attached hydrogens (tertiary/aromatic N) is 3. The number of aliphatic hydroxyl groups is 2. The van der Waals surface area contributed by atoms with Crippen molar-refractivity contribution in [2.45, 2.75) is 111 Å². The van der Waals surface area contributed by atoms with Gasteiger partial charge in [0, 0.05) is 29.5 Å². The molecule has 22 nitrogen and oxygen atoms in total. The molecule has 1 fully saturated rings. The zero-order chi connectivity index (χ0) is 42.4. The average molecular weight is 852 g/mol. The Kier molecular flexibility index (Phi) is 15.4. The Morgan fingerprint density at radius 1 is 0.842 bits per heavy atom. The summed E-state index contributed by atoms with van der Waals surface area (Å²) in [6, 6.07) is 7.76. The molecule has 0 spiro atoms. The highest BCUT2D eigenvalue weighted by Crippen LogP contribution is 2.65. The number of benzene rings is 1. The topological polar surface area (TPSA) is 282 Å². The van der Waals surface area contributed by atoms with Crippen molar-refractivity contribution in [2.75, 3.05) is 6.61 Å². The van der Waals surface area contributed by atoms with Crippen LogP contribution in [-0.2, 0) is 57.2 Å². The van der Waals surface area contributed by atoms with Crippen LogP contribution < -0.4 is 11.2 Å². The van der Waals surface area contributed by atoms with Crippen LogP contribution in [0.2, 0.25) is 0 Å². The molecule has 3 N–H and O–H groups in total. The molecule has 318 valence electrons. The van der Waals surface area contributed by atoms with Crippen LogP contribution in [0, 0.1) is 11.8 Å². The van der Waals surface area contributed by atoms with Gasteiger partial charge in [0.05, 0.1) is 25.4 Å². The third-order valence-electron chi connectivity index (χ3n) is 7.72. The molecule has 2 aromatic heterocycles. The smallest absolute Gasteiger partial charge is 0.432 e. The Morgan fingerprint density at radius 3 is 1.95 bits per heavy atom. The van der Waals surface area contributed by atoms with Crippen molar-refractivity contribution in [3.05, 3.63) is 63.1 Å². The second-order valence-corrected chi connectivity index (χ2v) is 17.1. The van der Waals surface area contributed by atoms with Gasteiger partial charge in [-0.3, -0.25) is 18.5 Å². The van der Waals surface area contributed by atoms with Crippen molar-refractivity contribution >= 4 is 38.9 Å². The average Bonchev–Trinajstić information content (AvgIpc) is 3.63. The van der Waals surface area contributed by atoms with Gasteiger partial charge in [0.1, 0.15) is 24.0 Å². The normalized spacial score (nSPS) is 21.7. The van der Waals surface area contributed by atoms with Crippen molar-refractivity contribution in [1.29, 1.82) is 0 Å². The number of rotatable bonds is 18. The van der Waals surface area contributed by atoms with E-state index >= 15 is 0 Å². The van der Waals surface area contributed by atoms with Crippen LogP contribution in [0.15, 0.2) is 50.6 Å². The van der Waals surface area contributed by atoms with Gasteiger partial charge >= 0.3 is 33.6 Å². The van der Waals surface area contributed by atoms with Crippen LogP contribution in [0.1, 0.15) is 67.3 Å². The second kappa shape index (κ2) is 19.2. The van der Waals surface area contributed by atoms with Gasteiger partial charge in [0.15, 0.2) is 11.8 Å². The SMILES string of the molecule is CC(C)OC(=O)OC(OP(=O)(OC(OC(=O)OC(C)C)C(C)C)OP(=O)(O)OC[C@H]1O[C@@H](n2ccc(=O)n(Cc3noc4ccccc34)c2=O)C(O)C1O)C(C)C. The Morgan fingerprint density at radius 2 is 1.40 bits per heavy atom. The first-order chi connectivity index (χ1) is 26.6. The molecule has 1 saturated heterocycles. The van der Waals surface area contributed by atoms with E-state index in [0.29, 0.717) is 11.0 Å². The summed E-state index contributed by atoms with van der Waals surface area (Å²) in [6.45, 7) is 10.5. The van der Waals surface area contributed by atoms with E-state index in [0.717, 1.165) is 21.4 Å². The molecule has 3 heterocycles. The summed E-state index contributed by atoms with van der Waals surface area (Å²) in [5.41, 5.74) is -1.03. The molecule has 5 unspecified atom stereocenters. The maximum atomic E-state index is 14.2. The van der Waals surface area contributed by atoms with Gasteiger partial charge < -0.3 is 43.3 Å². The first kappa shape index (κ1) is 45.7. The van der Waals surface area contributed by atoms with Gasteiger partial charge in [-0.25, -0.2) is 32.6 Å². The minimum atomic E-state index is -5.63. The van der Waals surface area contributed by atoms with Crippen LogP contribution in [0.25, 0.3) is 11.0 Å². The predicted molar refractivity (Wildman–Crippen MR) is 193 cm³/mol.